The number of benzene rings is 1. The van der Waals surface area contributed by atoms with E-state index < -0.39 is 4.92 Å². The number of nitro benzene ring substituents is 1. The average molecular weight is 400 g/mol. The zero-order valence-corrected chi connectivity index (χ0v) is 15.3. The number of methoxy groups -OCH3 is 1. The van der Waals surface area contributed by atoms with Crippen LogP contribution in [0, 0.1) is 24.0 Å². The first-order valence-electron chi connectivity index (χ1n) is 6.75. The van der Waals surface area contributed by atoms with Gasteiger partial charge in [0.25, 0.3) is 0 Å². The SMILES string of the molecule is Br.COc1ccc(C(=O)C[n+]2cccc(C)c2C)cc1[N+](=O)[O-].O. The summed E-state index contributed by atoms with van der Waals surface area (Å²) in [4.78, 5) is 22.8. The van der Waals surface area contributed by atoms with Crippen LogP contribution in [0.4, 0.5) is 5.69 Å². The molecule has 0 amide bonds. The van der Waals surface area contributed by atoms with E-state index in [0.29, 0.717) is 5.56 Å². The lowest BCUT2D eigenvalue weighted by Gasteiger charge is -2.05. The van der Waals surface area contributed by atoms with Gasteiger partial charge < -0.3 is 10.2 Å². The normalized spacial score (nSPS) is 9.46. The van der Waals surface area contributed by atoms with Crippen LogP contribution in [0.2, 0.25) is 0 Å². The number of carbonyl (C=O) groups is 1. The highest BCUT2D eigenvalue weighted by molar-refractivity contribution is 8.93. The first-order valence-corrected chi connectivity index (χ1v) is 6.75. The molecule has 0 unspecified atom stereocenters. The van der Waals surface area contributed by atoms with Crippen molar-refractivity contribution < 1.29 is 24.5 Å². The summed E-state index contributed by atoms with van der Waals surface area (Å²) < 4.78 is 6.76. The van der Waals surface area contributed by atoms with E-state index in [1.54, 1.807) is 6.07 Å². The maximum atomic E-state index is 12.4. The second kappa shape index (κ2) is 9.09. The predicted molar refractivity (Wildman–Crippen MR) is 94.0 cm³/mol. The highest BCUT2D eigenvalue weighted by atomic mass is 79.9. The lowest BCUT2D eigenvalue weighted by atomic mass is 10.1. The number of nitrogens with zero attached hydrogens (tertiary/aromatic N) is 2. The van der Waals surface area contributed by atoms with E-state index in [2.05, 4.69) is 0 Å². The largest absolute Gasteiger partial charge is 0.490 e. The Bertz CT molecular complexity index is 749. The fourth-order valence-corrected chi connectivity index (χ4v) is 2.17. The number of halogens is 1. The molecule has 1 heterocycles. The fourth-order valence-electron chi connectivity index (χ4n) is 2.17. The van der Waals surface area contributed by atoms with Crippen molar-refractivity contribution in [2.45, 2.75) is 20.4 Å². The van der Waals surface area contributed by atoms with Crippen LogP contribution in [0.25, 0.3) is 0 Å². The zero-order valence-electron chi connectivity index (χ0n) is 13.6. The van der Waals surface area contributed by atoms with Crippen molar-refractivity contribution >= 4 is 28.5 Å². The summed E-state index contributed by atoms with van der Waals surface area (Å²) >= 11 is 0. The van der Waals surface area contributed by atoms with E-state index in [1.165, 1.54) is 19.2 Å². The van der Waals surface area contributed by atoms with Crippen LogP contribution in [0.1, 0.15) is 21.6 Å². The van der Waals surface area contributed by atoms with Crippen molar-refractivity contribution in [3.63, 3.8) is 0 Å². The van der Waals surface area contributed by atoms with Gasteiger partial charge in [-0.15, -0.1) is 17.0 Å². The number of ketones is 1. The Balaban J connectivity index is 0.00000264. The van der Waals surface area contributed by atoms with Gasteiger partial charge in [-0.2, -0.15) is 4.57 Å². The van der Waals surface area contributed by atoms with Crippen molar-refractivity contribution in [3.05, 3.63) is 63.5 Å². The number of Topliss-reactive ketones (excluding diaryl/α,β-unsaturated/α-hetero) is 1. The van der Waals surface area contributed by atoms with Gasteiger partial charge in [0.05, 0.1) is 12.0 Å². The number of hydrogen-bond donors (Lipinski definition) is 0. The van der Waals surface area contributed by atoms with E-state index in [-0.39, 0.29) is 46.2 Å². The molecule has 1 aromatic heterocycles. The summed E-state index contributed by atoms with van der Waals surface area (Å²) in [5.41, 5.74) is 2.15. The molecule has 2 aromatic rings. The van der Waals surface area contributed by atoms with Crippen LogP contribution >= 0.6 is 17.0 Å². The van der Waals surface area contributed by atoms with Crippen LogP contribution in [0.3, 0.4) is 0 Å². The molecule has 2 N–H and O–H groups in total. The molecular formula is C16H20BrN2O5+. The second-order valence-corrected chi connectivity index (χ2v) is 4.97. The molecule has 0 aliphatic rings. The number of carbonyl (C=O) groups excluding carboxylic acids is 1. The molecule has 2 rings (SSSR count). The lowest BCUT2D eigenvalue weighted by Crippen LogP contribution is -2.41. The standard InChI is InChI=1S/C16H17N2O4.BrH.H2O/c1-11-5-4-8-17(12(11)2)10-15(19)13-6-7-16(22-3)14(9-13)18(20)21;;/h4-9H,10H2,1-3H3;1H;1H2/q+1;;. The van der Waals surface area contributed by atoms with E-state index in [0.717, 1.165) is 11.3 Å². The number of pyridine rings is 1. The van der Waals surface area contributed by atoms with Crippen molar-refractivity contribution in [2.24, 2.45) is 0 Å². The van der Waals surface area contributed by atoms with Gasteiger partial charge in [-0.3, -0.25) is 14.9 Å². The lowest BCUT2D eigenvalue weighted by molar-refractivity contribution is -0.689. The number of nitro groups is 1. The van der Waals surface area contributed by atoms with Gasteiger partial charge in [0.1, 0.15) is 0 Å². The average Bonchev–Trinajstić information content (AvgIpc) is 2.51. The Morgan fingerprint density at radius 3 is 2.54 bits per heavy atom. The number of aryl methyl sites for hydroxylation is 1. The molecule has 7 nitrogen and oxygen atoms in total. The molecule has 130 valence electrons. The van der Waals surface area contributed by atoms with Gasteiger partial charge in [-0.25, -0.2) is 0 Å². The molecular weight excluding hydrogens is 380 g/mol. The zero-order chi connectivity index (χ0) is 16.3. The summed E-state index contributed by atoms with van der Waals surface area (Å²) in [6, 6.07) is 8.08. The second-order valence-electron chi connectivity index (χ2n) is 4.97. The van der Waals surface area contributed by atoms with E-state index >= 15 is 0 Å². The van der Waals surface area contributed by atoms with Crippen molar-refractivity contribution in [2.75, 3.05) is 7.11 Å². The fraction of sp³-hybridized carbons (Fsp3) is 0.250. The number of ether oxygens (including phenoxy) is 1. The molecule has 8 heteroatoms. The molecule has 0 radical (unpaired) electrons. The number of hydrogen-bond acceptors (Lipinski definition) is 4. The molecule has 0 saturated heterocycles. The Morgan fingerprint density at radius 1 is 1.29 bits per heavy atom. The highest BCUT2D eigenvalue weighted by Gasteiger charge is 2.21. The third-order valence-electron chi connectivity index (χ3n) is 3.63. The minimum Gasteiger partial charge on any atom is -0.490 e. The first-order chi connectivity index (χ1) is 10.4. The van der Waals surface area contributed by atoms with Crippen LogP contribution in [-0.2, 0) is 6.54 Å². The monoisotopic (exact) mass is 399 g/mol. The summed E-state index contributed by atoms with van der Waals surface area (Å²) in [6.07, 6.45) is 1.82. The number of aromatic nitrogens is 1. The van der Waals surface area contributed by atoms with Gasteiger partial charge in [0.2, 0.25) is 12.3 Å². The Labute approximate surface area is 150 Å². The Hall–Kier alpha value is -2.32. The van der Waals surface area contributed by atoms with Crippen LogP contribution in [0.15, 0.2) is 36.5 Å². The minimum atomic E-state index is -0.555. The maximum absolute atomic E-state index is 12.4. The van der Waals surface area contributed by atoms with Gasteiger partial charge >= 0.3 is 5.69 Å². The first kappa shape index (κ1) is 21.7. The third-order valence-corrected chi connectivity index (χ3v) is 3.63. The summed E-state index contributed by atoms with van der Waals surface area (Å²) in [5, 5.41) is 11.0. The summed E-state index contributed by atoms with van der Waals surface area (Å²) in [5.74, 6) is -0.0506. The molecule has 1 aromatic carbocycles. The van der Waals surface area contributed by atoms with Crippen molar-refractivity contribution in [1.29, 1.82) is 0 Å². The Morgan fingerprint density at radius 2 is 1.96 bits per heavy atom. The molecule has 0 bridgehead atoms. The minimum absolute atomic E-state index is 0. The topological polar surface area (TPSA) is 105 Å². The van der Waals surface area contributed by atoms with Gasteiger partial charge in [0, 0.05) is 30.2 Å². The molecule has 24 heavy (non-hydrogen) atoms. The summed E-state index contributed by atoms with van der Waals surface area (Å²) in [6.45, 7) is 4.03. The predicted octanol–water partition coefficient (Wildman–Crippen LogP) is 2.14. The molecule has 0 fully saturated rings. The van der Waals surface area contributed by atoms with Crippen LogP contribution in [0.5, 0.6) is 5.75 Å². The van der Waals surface area contributed by atoms with Gasteiger partial charge in [0.15, 0.2) is 17.6 Å². The molecule has 0 atom stereocenters. The van der Waals surface area contributed by atoms with Crippen molar-refractivity contribution in [1.82, 2.24) is 0 Å². The highest BCUT2D eigenvalue weighted by Crippen LogP contribution is 2.27. The van der Waals surface area contributed by atoms with Crippen LogP contribution in [-0.4, -0.2) is 23.3 Å². The van der Waals surface area contributed by atoms with E-state index in [4.69, 9.17) is 4.74 Å². The van der Waals surface area contributed by atoms with E-state index in [1.807, 2.05) is 36.7 Å². The molecule has 0 saturated carbocycles. The maximum Gasteiger partial charge on any atom is 0.311 e. The van der Waals surface area contributed by atoms with Gasteiger partial charge in [-0.1, -0.05) is 0 Å². The molecule has 0 spiro atoms. The Kier molecular flexibility index (Phi) is 8.21. The molecule has 0 aliphatic heterocycles. The quantitative estimate of drug-likeness (QED) is 0.332. The molecule has 0 aliphatic carbocycles. The summed E-state index contributed by atoms with van der Waals surface area (Å²) in [7, 11) is 1.36. The smallest absolute Gasteiger partial charge is 0.311 e. The van der Waals surface area contributed by atoms with Crippen molar-refractivity contribution in [3.8, 4) is 5.75 Å². The third kappa shape index (κ3) is 4.59. The number of rotatable bonds is 5. The van der Waals surface area contributed by atoms with Gasteiger partial charge in [-0.05, 0) is 25.1 Å². The van der Waals surface area contributed by atoms with E-state index in [9.17, 15) is 14.9 Å². The van der Waals surface area contributed by atoms with Crippen LogP contribution < -0.4 is 9.30 Å².